The van der Waals surface area contributed by atoms with Crippen LogP contribution in [0.5, 0.6) is 0 Å². The molecule has 0 radical (unpaired) electrons. The first kappa shape index (κ1) is 13.1. The SMILES string of the molecule is O=c1[nH]c(=S)n(C2CC2)c2nc(C3CC3)cc(C(F)F)c12. The molecule has 0 atom stereocenters. The minimum absolute atomic E-state index is 0.0186. The molecule has 21 heavy (non-hydrogen) atoms. The van der Waals surface area contributed by atoms with E-state index in [9.17, 15) is 13.6 Å². The van der Waals surface area contributed by atoms with Crippen LogP contribution in [0.3, 0.4) is 0 Å². The van der Waals surface area contributed by atoms with Crippen LogP contribution in [0.25, 0.3) is 11.0 Å². The number of nitrogens with zero attached hydrogens (tertiary/aromatic N) is 2. The van der Waals surface area contributed by atoms with Gasteiger partial charge in [0.05, 0.1) is 5.39 Å². The molecule has 2 aliphatic rings. The molecule has 2 saturated carbocycles. The van der Waals surface area contributed by atoms with Crippen molar-refractivity contribution in [3.63, 3.8) is 0 Å². The molecular formula is C14H13F2N3OS. The van der Waals surface area contributed by atoms with E-state index in [-0.39, 0.29) is 27.7 Å². The fourth-order valence-electron chi connectivity index (χ4n) is 2.73. The van der Waals surface area contributed by atoms with Gasteiger partial charge < -0.3 is 0 Å². The molecule has 2 aromatic rings. The Morgan fingerprint density at radius 2 is 2.05 bits per heavy atom. The van der Waals surface area contributed by atoms with Crippen LogP contribution in [0.15, 0.2) is 10.9 Å². The Kier molecular flexibility index (Phi) is 2.76. The molecule has 1 N–H and O–H groups in total. The van der Waals surface area contributed by atoms with E-state index in [2.05, 4.69) is 9.97 Å². The van der Waals surface area contributed by atoms with Gasteiger partial charge in [-0.3, -0.25) is 14.3 Å². The van der Waals surface area contributed by atoms with Crippen molar-refractivity contribution in [3.8, 4) is 0 Å². The largest absolute Gasteiger partial charge is 0.299 e. The number of halogens is 2. The Balaban J connectivity index is 2.13. The van der Waals surface area contributed by atoms with Gasteiger partial charge in [-0.15, -0.1) is 0 Å². The molecule has 2 fully saturated rings. The number of fused-ring (bicyclic) bond motifs is 1. The van der Waals surface area contributed by atoms with Crippen LogP contribution >= 0.6 is 12.2 Å². The highest BCUT2D eigenvalue weighted by molar-refractivity contribution is 7.71. The van der Waals surface area contributed by atoms with Crippen molar-refractivity contribution >= 4 is 23.3 Å². The smallest absolute Gasteiger partial charge is 0.264 e. The Morgan fingerprint density at radius 1 is 1.33 bits per heavy atom. The Labute approximate surface area is 123 Å². The van der Waals surface area contributed by atoms with Crippen molar-refractivity contribution in [2.75, 3.05) is 0 Å². The summed E-state index contributed by atoms with van der Waals surface area (Å²) in [6.45, 7) is 0. The van der Waals surface area contributed by atoms with Gasteiger partial charge in [0, 0.05) is 23.2 Å². The number of hydrogen-bond donors (Lipinski definition) is 1. The highest BCUT2D eigenvalue weighted by Crippen LogP contribution is 2.42. The molecule has 7 heteroatoms. The number of aromatic amines is 1. The van der Waals surface area contributed by atoms with Gasteiger partial charge in [0.2, 0.25) is 0 Å². The average Bonchev–Trinajstić information content (AvgIpc) is 3.29. The fourth-order valence-corrected chi connectivity index (χ4v) is 3.05. The lowest BCUT2D eigenvalue weighted by molar-refractivity contribution is 0.153. The van der Waals surface area contributed by atoms with Crippen molar-refractivity contribution < 1.29 is 8.78 Å². The summed E-state index contributed by atoms with van der Waals surface area (Å²) in [7, 11) is 0. The number of rotatable bonds is 3. The summed E-state index contributed by atoms with van der Waals surface area (Å²) in [6, 6.07) is 1.56. The zero-order valence-electron chi connectivity index (χ0n) is 11.1. The third-order valence-electron chi connectivity index (χ3n) is 4.09. The first-order chi connectivity index (χ1) is 10.1. The Bertz CT molecular complexity index is 850. The standard InChI is InChI=1S/C14H13F2N3OS/c15-11(16)8-5-9(6-1-2-6)17-12-10(8)13(20)18-14(21)19(12)7-3-4-7/h5-7,11H,1-4H2,(H,18,20,21). The van der Waals surface area contributed by atoms with E-state index in [1.165, 1.54) is 6.07 Å². The summed E-state index contributed by atoms with van der Waals surface area (Å²) in [5.41, 5.74) is 0.183. The molecule has 0 amide bonds. The number of H-pyrrole nitrogens is 1. The maximum absolute atomic E-state index is 13.4. The van der Waals surface area contributed by atoms with Crippen LogP contribution < -0.4 is 5.56 Å². The molecule has 0 aromatic carbocycles. The van der Waals surface area contributed by atoms with Crippen LogP contribution in [-0.4, -0.2) is 14.5 Å². The van der Waals surface area contributed by atoms with Gasteiger partial charge in [0.1, 0.15) is 5.65 Å². The second kappa shape index (κ2) is 4.43. The summed E-state index contributed by atoms with van der Waals surface area (Å²) in [5, 5.41) is -0.0186. The van der Waals surface area contributed by atoms with E-state index in [1.54, 1.807) is 4.57 Å². The normalized spacial score (nSPS) is 18.6. The molecule has 2 heterocycles. The first-order valence-corrected chi connectivity index (χ1v) is 7.44. The van der Waals surface area contributed by atoms with Gasteiger partial charge in [-0.2, -0.15) is 0 Å². The van der Waals surface area contributed by atoms with Crippen molar-refractivity contribution in [3.05, 3.63) is 32.4 Å². The van der Waals surface area contributed by atoms with E-state index < -0.39 is 12.0 Å². The first-order valence-electron chi connectivity index (χ1n) is 7.04. The van der Waals surface area contributed by atoms with Crippen LogP contribution in [0.4, 0.5) is 8.78 Å². The summed E-state index contributed by atoms with van der Waals surface area (Å²) in [4.78, 5) is 19.1. The zero-order chi connectivity index (χ0) is 14.7. The van der Waals surface area contributed by atoms with Crippen molar-refractivity contribution in [2.45, 2.75) is 44.1 Å². The summed E-state index contributed by atoms with van der Waals surface area (Å²) >= 11 is 5.20. The summed E-state index contributed by atoms with van der Waals surface area (Å²) < 4.78 is 28.8. The molecule has 0 bridgehead atoms. The lowest BCUT2D eigenvalue weighted by Crippen LogP contribution is -2.17. The van der Waals surface area contributed by atoms with E-state index in [1.807, 2.05) is 0 Å². The topological polar surface area (TPSA) is 50.7 Å². The highest BCUT2D eigenvalue weighted by Gasteiger charge is 2.31. The summed E-state index contributed by atoms with van der Waals surface area (Å²) in [5.74, 6) is 0.243. The number of aromatic nitrogens is 3. The van der Waals surface area contributed by atoms with Gasteiger partial charge in [-0.25, -0.2) is 13.8 Å². The number of alkyl halides is 2. The van der Waals surface area contributed by atoms with E-state index in [0.717, 1.165) is 25.7 Å². The number of nitrogens with one attached hydrogen (secondary N) is 1. The van der Waals surface area contributed by atoms with E-state index in [4.69, 9.17) is 12.2 Å². The van der Waals surface area contributed by atoms with Gasteiger partial charge in [0.25, 0.3) is 12.0 Å². The Hall–Kier alpha value is -1.63. The molecule has 110 valence electrons. The average molecular weight is 309 g/mol. The number of pyridine rings is 1. The van der Waals surface area contributed by atoms with Gasteiger partial charge in [0.15, 0.2) is 4.77 Å². The van der Waals surface area contributed by atoms with Crippen LogP contribution in [0.1, 0.15) is 55.3 Å². The molecule has 4 rings (SSSR count). The van der Waals surface area contributed by atoms with Gasteiger partial charge >= 0.3 is 0 Å². The third kappa shape index (κ3) is 2.10. The van der Waals surface area contributed by atoms with E-state index >= 15 is 0 Å². The van der Waals surface area contributed by atoms with Crippen molar-refractivity contribution in [1.82, 2.24) is 14.5 Å². The number of hydrogen-bond acceptors (Lipinski definition) is 3. The lowest BCUT2D eigenvalue weighted by atomic mass is 10.1. The molecule has 2 aliphatic carbocycles. The third-order valence-corrected chi connectivity index (χ3v) is 4.39. The second-order valence-electron chi connectivity index (χ2n) is 5.77. The maximum atomic E-state index is 13.4. The van der Waals surface area contributed by atoms with Crippen molar-refractivity contribution in [1.29, 1.82) is 0 Å². The predicted molar refractivity (Wildman–Crippen MR) is 76.4 cm³/mol. The summed E-state index contributed by atoms with van der Waals surface area (Å²) in [6.07, 6.45) is 1.12. The zero-order valence-corrected chi connectivity index (χ0v) is 11.9. The lowest BCUT2D eigenvalue weighted by Gasteiger charge is -2.13. The molecular weight excluding hydrogens is 296 g/mol. The fraction of sp³-hybridized carbons (Fsp3) is 0.500. The minimum atomic E-state index is -2.70. The van der Waals surface area contributed by atoms with Crippen LogP contribution in [0.2, 0.25) is 0 Å². The maximum Gasteiger partial charge on any atom is 0.264 e. The molecule has 4 nitrogen and oxygen atoms in total. The molecule has 0 spiro atoms. The predicted octanol–water partition coefficient (Wildman–Crippen LogP) is 3.60. The van der Waals surface area contributed by atoms with Crippen LogP contribution in [-0.2, 0) is 0 Å². The van der Waals surface area contributed by atoms with E-state index in [0.29, 0.717) is 11.3 Å². The molecule has 0 aliphatic heterocycles. The minimum Gasteiger partial charge on any atom is -0.299 e. The van der Waals surface area contributed by atoms with Crippen molar-refractivity contribution in [2.24, 2.45) is 0 Å². The van der Waals surface area contributed by atoms with Gasteiger partial charge in [-0.1, -0.05) is 0 Å². The van der Waals surface area contributed by atoms with Gasteiger partial charge in [-0.05, 0) is 44.0 Å². The highest BCUT2D eigenvalue weighted by atomic mass is 32.1. The molecule has 0 unspecified atom stereocenters. The quantitative estimate of drug-likeness (QED) is 0.881. The Morgan fingerprint density at radius 3 is 2.62 bits per heavy atom. The van der Waals surface area contributed by atoms with Crippen LogP contribution in [0, 0.1) is 4.77 Å². The molecule has 0 saturated heterocycles. The molecule has 2 aromatic heterocycles. The second-order valence-corrected chi connectivity index (χ2v) is 6.16. The monoisotopic (exact) mass is 309 g/mol.